The monoisotopic (exact) mass is 791 g/mol. The molecule has 2 saturated heterocycles. The summed E-state index contributed by atoms with van der Waals surface area (Å²) < 4.78 is 51.8. The van der Waals surface area contributed by atoms with Crippen LogP contribution in [0.15, 0.2) is 71.3 Å². The van der Waals surface area contributed by atoms with Crippen molar-refractivity contribution in [3.63, 3.8) is 0 Å². The number of hydrogen-bond donors (Lipinski definition) is 1. The largest absolute Gasteiger partial charge is 0.442 e. The van der Waals surface area contributed by atoms with Gasteiger partial charge in [-0.2, -0.15) is 4.31 Å². The fraction of sp³-hybridized carbons (Fsp3) is 0.500. The number of likely N-dealkylation sites (N-methyl/N-ethyl adjacent to an activating group) is 1. The minimum atomic E-state index is -3.75. The Balaban J connectivity index is 1.19. The number of allylic oxidation sites excluding steroid dienone is 2. The van der Waals surface area contributed by atoms with Crippen LogP contribution in [0, 0.1) is 23.6 Å². The number of anilines is 1. The van der Waals surface area contributed by atoms with E-state index in [0.717, 1.165) is 24.0 Å². The summed E-state index contributed by atoms with van der Waals surface area (Å²) in [5.41, 5.74) is 2.42. The first-order valence-corrected chi connectivity index (χ1v) is 20.9. The summed E-state index contributed by atoms with van der Waals surface area (Å²) in [5.74, 6) is -3.38. The number of amides is 1. The normalized spacial score (nSPS) is 26.2. The van der Waals surface area contributed by atoms with Crippen LogP contribution in [-0.4, -0.2) is 121 Å². The van der Waals surface area contributed by atoms with Crippen LogP contribution >= 0.6 is 0 Å². The molecule has 5 atom stereocenters. The first-order chi connectivity index (χ1) is 26.6. The quantitative estimate of drug-likeness (QED) is 0.267. The van der Waals surface area contributed by atoms with Gasteiger partial charge in [0, 0.05) is 83.2 Å². The Labute approximate surface area is 329 Å². The van der Waals surface area contributed by atoms with Crippen LogP contribution in [0.25, 0.3) is 17.0 Å². The highest BCUT2D eigenvalue weighted by molar-refractivity contribution is 7.89. The van der Waals surface area contributed by atoms with Gasteiger partial charge in [-0.25, -0.2) is 17.6 Å². The topological polar surface area (TPSA) is 133 Å². The molecule has 3 heterocycles. The molecule has 0 saturated carbocycles. The Hall–Kier alpha value is -4.37. The lowest BCUT2D eigenvalue weighted by Crippen LogP contribution is -2.48. The number of halogens is 1. The molecule has 3 aromatic rings. The molecule has 302 valence electrons. The fourth-order valence-electron chi connectivity index (χ4n) is 7.94. The van der Waals surface area contributed by atoms with Gasteiger partial charge >= 0.3 is 6.09 Å². The number of Topliss-reactive ketones (excluding diaryl/α,β-unsaturated/α-hetero) is 2. The van der Waals surface area contributed by atoms with E-state index in [-0.39, 0.29) is 36.7 Å². The van der Waals surface area contributed by atoms with Crippen molar-refractivity contribution in [2.45, 2.75) is 57.1 Å². The number of carbonyl (C=O) groups excluding carboxylic acids is 3. The number of aliphatic hydroxyl groups excluding tert-OH is 1. The number of aryl methyl sites for hydroxylation is 1. The molecule has 6 rings (SSSR count). The molecule has 1 aromatic heterocycles. The van der Waals surface area contributed by atoms with Crippen molar-refractivity contribution in [2.24, 2.45) is 24.8 Å². The van der Waals surface area contributed by atoms with Crippen LogP contribution in [0.1, 0.15) is 45.6 Å². The Morgan fingerprint density at radius 1 is 0.911 bits per heavy atom. The molecule has 0 spiro atoms. The van der Waals surface area contributed by atoms with Crippen molar-refractivity contribution >= 4 is 50.3 Å². The molecule has 3 aliphatic rings. The molecule has 2 fully saturated rings. The molecule has 1 aliphatic carbocycles. The lowest BCUT2D eigenvalue weighted by molar-refractivity contribution is -0.140. The number of rotatable bonds is 6. The summed E-state index contributed by atoms with van der Waals surface area (Å²) in [6, 6.07) is 11.6. The highest BCUT2D eigenvalue weighted by atomic mass is 32.2. The number of carbonyl (C=O) groups is 3. The van der Waals surface area contributed by atoms with E-state index in [1.165, 1.54) is 16.4 Å². The fourth-order valence-corrected chi connectivity index (χ4v) is 9.39. The number of ether oxygens (including phenoxy) is 1. The van der Waals surface area contributed by atoms with Crippen LogP contribution < -0.4 is 4.90 Å². The van der Waals surface area contributed by atoms with Crippen molar-refractivity contribution < 1.29 is 37.0 Å². The van der Waals surface area contributed by atoms with Crippen molar-refractivity contribution in [2.75, 3.05) is 64.3 Å². The first-order valence-electron chi connectivity index (χ1n) is 19.5. The maximum Gasteiger partial charge on any atom is 0.410 e. The van der Waals surface area contributed by atoms with Gasteiger partial charge in [0.25, 0.3) is 0 Å². The van der Waals surface area contributed by atoms with Crippen molar-refractivity contribution in [3.05, 3.63) is 77.8 Å². The van der Waals surface area contributed by atoms with E-state index in [2.05, 4.69) is 4.90 Å². The summed E-state index contributed by atoms with van der Waals surface area (Å²) in [6.45, 7) is 9.22. The lowest BCUT2D eigenvalue weighted by Gasteiger charge is -2.35. The molecule has 2 aromatic carbocycles. The molecule has 14 heteroatoms. The molecule has 0 radical (unpaired) electrons. The van der Waals surface area contributed by atoms with E-state index in [0.29, 0.717) is 49.4 Å². The van der Waals surface area contributed by atoms with Gasteiger partial charge in [0.2, 0.25) is 21.6 Å². The van der Waals surface area contributed by atoms with Crippen LogP contribution in [0.3, 0.4) is 0 Å². The number of nitrogens with zero attached hydrogens (tertiary/aromatic N) is 5. The number of aromatic nitrogens is 1. The van der Waals surface area contributed by atoms with E-state index in [1.54, 1.807) is 48.2 Å². The molecule has 2 aliphatic heterocycles. The zero-order chi connectivity index (χ0) is 40.3. The summed E-state index contributed by atoms with van der Waals surface area (Å²) in [7, 11) is 0.126. The number of piperazine rings is 2. The Kier molecular flexibility index (Phi) is 12.8. The average Bonchev–Trinajstić information content (AvgIpc) is 3.54. The molecular formula is C42H54FN5O7S. The van der Waals surface area contributed by atoms with Gasteiger partial charge in [-0.1, -0.05) is 37.6 Å². The first kappa shape index (κ1) is 41.3. The van der Waals surface area contributed by atoms with E-state index in [1.807, 2.05) is 55.7 Å². The standard InChI is InChI=1S/C42H54FN5O7S/c1-28-6-9-35(49)26-38(50)41(51)40(29(2)7-11-39(28)55-42(52)47-16-14-44(4)15-17-47)30(3)22-31-23-33(43)25-34(24-31)46-18-20-48(21-19-46)56(53,54)36-10-8-32-12-13-45(5)37(32)27-36/h7-8,10-13,22-25,27-29,35,39-40,49H,6,9,14-21,26H2,1-5H3/b11-7+,30-22+/t28-,29-,35+,39-,40-/m0/s1. The van der Waals surface area contributed by atoms with Crippen molar-refractivity contribution in [1.29, 1.82) is 0 Å². The van der Waals surface area contributed by atoms with E-state index < -0.39 is 57.5 Å². The molecule has 56 heavy (non-hydrogen) atoms. The third kappa shape index (κ3) is 9.42. The number of fused-ring (bicyclic) bond motifs is 1. The zero-order valence-corrected chi connectivity index (χ0v) is 33.8. The smallest absolute Gasteiger partial charge is 0.410 e. The molecule has 12 nitrogen and oxygen atoms in total. The van der Waals surface area contributed by atoms with Gasteiger partial charge in [0.1, 0.15) is 11.9 Å². The highest BCUT2D eigenvalue weighted by Gasteiger charge is 2.34. The number of aliphatic hydroxyl groups is 1. The van der Waals surface area contributed by atoms with Crippen LogP contribution in [0.2, 0.25) is 0 Å². The summed E-state index contributed by atoms with van der Waals surface area (Å²) in [6.07, 6.45) is 5.57. The predicted octanol–water partition coefficient (Wildman–Crippen LogP) is 5.11. The number of benzene rings is 2. The maximum atomic E-state index is 15.2. The number of sulfonamides is 1. The second-order valence-electron chi connectivity index (χ2n) is 15.7. The SMILES string of the molecule is C/C(=C\c1cc(F)cc(N2CCN(S(=O)(=O)c3ccc4ccn(C)c4c3)CC2)c1)[C@H]1C(=O)C(=O)C[C@H](O)CC[C@H](C)[C@@H](OC(=O)N2CCN(C)CC2)/C=C/[C@@H]1C. The molecule has 0 unspecified atom stereocenters. The predicted molar refractivity (Wildman–Crippen MR) is 214 cm³/mol. The number of hydrogen-bond acceptors (Lipinski definition) is 9. The molecule has 0 bridgehead atoms. The third-order valence-corrected chi connectivity index (χ3v) is 13.4. The van der Waals surface area contributed by atoms with Crippen LogP contribution in [-0.2, 0) is 31.4 Å². The van der Waals surface area contributed by atoms with Gasteiger partial charge < -0.3 is 29.1 Å². The van der Waals surface area contributed by atoms with E-state index in [9.17, 15) is 27.9 Å². The Morgan fingerprint density at radius 3 is 2.34 bits per heavy atom. The average molecular weight is 792 g/mol. The van der Waals surface area contributed by atoms with Gasteiger partial charge in [0.05, 0.1) is 16.9 Å². The van der Waals surface area contributed by atoms with Gasteiger partial charge in [0.15, 0.2) is 0 Å². The zero-order valence-electron chi connectivity index (χ0n) is 32.9. The van der Waals surface area contributed by atoms with Crippen molar-refractivity contribution in [3.8, 4) is 0 Å². The summed E-state index contributed by atoms with van der Waals surface area (Å²) in [4.78, 5) is 46.2. The second-order valence-corrected chi connectivity index (χ2v) is 17.7. The van der Waals surface area contributed by atoms with Gasteiger partial charge in [-0.3, -0.25) is 9.59 Å². The molecule has 1 amide bonds. The third-order valence-electron chi connectivity index (χ3n) is 11.5. The molecular weight excluding hydrogens is 738 g/mol. The van der Waals surface area contributed by atoms with Crippen molar-refractivity contribution in [1.82, 2.24) is 18.7 Å². The second kappa shape index (κ2) is 17.4. The van der Waals surface area contributed by atoms with Gasteiger partial charge in [-0.05, 0) is 92.1 Å². The summed E-state index contributed by atoms with van der Waals surface area (Å²) >= 11 is 0. The highest BCUT2D eigenvalue weighted by Crippen LogP contribution is 2.31. The lowest BCUT2D eigenvalue weighted by atomic mass is 9.80. The summed E-state index contributed by atoms with van der Waals surface area (Å²) in [5, 5.41) is 11.7. The maximum absolute atomic E-state index is 15.2. The Bertz CT molecular complexity index is 2100. The number of ketones is 2. The minimum Gasteiger partial charge on any atom is -0.442 e. The van der Waals surface area contributed by atoms with Gasteiger partial charge in [-0.15, -0.1) is 0 Å². The Morgan fingerprint density at radius 2 is 1.62 bits per heavy atom. The van der Waals surface area contributed by atoms with Crippen LogP contribution in [0.4, 0.5) is 14.9 Å². The molecule has 1 N–H and O–H groups in total. The minimum absolute atomic E-state index is 0.156. The van der Waals surface area contributed by atoms with E-state index in [4.69, 9.17) is 4.74 Å². The van der Waals surface area contributed by atoms with Crippen LogP contribution in [0.5, 0.6) is 0 Å². The van der Waals surface area contributed by atoms with E-state index >= 15 is 4.39 Å².